The maximum Gasteiger partial charge on any atom is 0.287 e. The molecule has 0 radical (unpaired) electrons. The first kappa shape index (κ1) is 21.5. The van der Waals surface area contributed by atoms with Crippen LogP contribution in [0.2, 0.25) is 5.15 Å². The highest BCUT2D eigenvalue weighted by Crippen LogP contribution is 2.21. The lowest BCUT2D eigenvalue weighted by Gasteiger charge is -2.11. The standard InChI is InChI=1S/C19H14BrClN4O2S2/c20-13-8-4-5-9-14(13)22-19(28)24-16(26)11-29-17-18(27)25(10-15(21)23-17)12-6-2-1-3-7-12/h1-10H,11H2,(H2,22,24,26,28). The fourth-order valence-electron chi connectivity index (χ4n) is 2.33. The van der Waals surface area contributed by atoms with E-state index in [1.54, 1.807) is 12.1 Å². The van der Waals surface area contributed by atoms with E-state index in [2.05, 4.69) is 31.5 Å². The molecule has 0 fully saturated rings. The van der Waals surface area contributed by atoms with E-state index in [4.69, 9.17) is 23.8 Å². The Kier molecular flexibility index (Phi) is 7.43. The second kappa shape index (κ2) is 10.0. The number of hydrogen-bond donors (Lipinski definition) is 2. The fourth-order valence-corrected chi connectivity index (χ4v) is 3.89. The van der Waals surface area contributed by atoms with Crippen molar-refractivity contribution in [2.45, 2.75) is 5.03 Å². The molecule has 0 aliphatic rings. The Bertz CT molecular complexity index is 1110. The van der Waals surface area contributed by atoms with Crippen LogP contribution in [0, 0.1) is 0 Å². The van der Waals surface area contributed by atoms with Gasteiger partial charge in [-0.15, -0.1) is 0 Å². The van der Waals surface area contributed by atoms with Crippen LogP contribution in [0.15, 0.2) is 75.1 Å². The van der Waals surface area contributed by atoms with E-state index in [1.807, 2.05) is 42.5 Å². The Morgan fingerprint density at radius 1 is 1.17 bits per heavy atom. The first-order chi connectivity index (χ1) is 13.9. The van der Waals surface area contributed by atoms with Crippen LogP contribution in [0.5, 0.6) is 0 Å². The summed E-state index contributed by atoms with van der Waals surface area (Å²) in [4.78, 5) is 28.9. The summed E-state index contributed by atoms with van der Waals surface area (Å²) in [5.41, 5.74) is 1.03. The number of nitrogens with one attached hydrogen (secondary N) is 2. The van der Waals surface area contributed by atoms with Gasteiger partial charge >= 0.3 is 0 Å². The highest BCUT2D eigenvalue weighted by Gasteiger charge is 2.13. The lowest BCUT2D eigenvalue weighted by Crippen LogP contribution is -2.35. The third kappa shape index (κ3) is 5.89. The van der Waals surface area contributed by atoms with Crippen LogP contribution >= 0.6 is 51.5 Å². The van der Waals surface area contributed by atoms with E-state index >= 15 is 0 Å². The largest absolute Gasteiger partial charge is 0.331 e. The number of rotatable bonds is 5. The number of thioether (sulfide) groups is 1. The van der Waals surface area contributed by atoms with Crippen LogP contribution < -0.4 is 16.2 Å². The molecule has 0 bridgehead atoms. The highest BCUT2D eigenvalue weighted by atomic mass is 79.9. The van der Waals surface area contributed by atoms with Crippen LogP contribution in [0.1, 0.15) is 0 Å². The molecule has 10 heteroatoms. The average molecular weight is 510 g/mol. The van der Waals surface area contributed by atoms with Gasteiger partial charge in [0.1, 0.15) is 5.15 Å². The van der Waals surface area contributed by atoms with E-state index in [-0.39, 0.29) is 32.5 Å². The Hall–Kier alpha value is -2.20. The molecule has 0 aliphatic heterocycles. The van der Waals surface area contributed by atoms with E-state index < -0.39 is 0 Å². The normalized spacial score (nSPS) is 10.4. The molecule has 3 rings (SSSR count). The van der Waals surface area contributed by atoms with E-state index in [0.29, 0.717) is 5.69 Å². The number of anilines is 1. The van der Waals surface area contributed by atoms with Gasteiger partial charge in [-0.05, 0) is 52.4 Å². The lowest BCUT2D eigenvalue weighted by molar-refractivity contribution is -0.117. The molecule has 0 atom stereocenters. The van der Waals surface area contributed by atoms with Crippen molar-refractivity contribution in [2.24, 2.45) is 0 Å². The summed E-state index contributed by atoms with van der Waals surface area (Å²) in [5.74, 6) is -0.415. The molecular weight excluding hydrogens is 496 g/mol. The van der Waals surface area contributed by atoms with Crippen LogP contribution in [-0.2, 0) is 4.79 Å². The molecule has 6 nitrogen and oxygen atoms in total. The number of thiocarbonyl (C=S) groups is 1. The quantitative estimate of drug-likeness (QED) is 0.395. The number of benzene rings is 2. The molecule has 29 heavy (non-hydrogen) atoms. The highest BCUT2D eigenvalue weighted by molar-refractivity contribution is 9.10. The summed E-state index contributed by atoms with van der Waals surface area (Å²) in [7, 11) is 0. The molecule has 2 aromatic carbocycles. The van der Waals surface area contributed by atoms with Gasteiger partial charge in [-0.1, -0.05) is 53.7 Å². The van der Waals surface area contributed by atoms with Gasteiger partial charge in [0.25, 0.3) is 5.56 Å². The zero-order chi connectivity index (χ0) is 20.8. The Labute approximate surface area is 189 Å². The maximum atomic E-state index is 12.7. The van der Waals surface area contributed by atoms with Gasteiger partial charge in [-0.2, -0.15) is 0 Å². The van der Waals surface area contributed by atoms with Gasteiger partial charge in [-0.25, -0.2) is 4.98 Å². The summed E-state index contributed by atoms with van der Waals surface area (Å²) in [6.45, 7) is 0. The molecule has 0 unspecified atom stereocenters. The van der Waals surface area contributed by atoms with Crippen molar-refractivity contribution in [3.05, 3.63) is 80.8 Å². The van der Waals surface area contributed by atoms with Gasteiger partial charge in [0.05, 0.1) is 17.6 Å². The molecule has 148 valence electrons. The lowest BCUT2D eigenvalue weighted by atomic mass is 10.3. The summed E-state index contributed by atoms with van der Waals surface area (Å²) in [5, 5.41) is 5.94. The van der Waals surface area contributed by atoms with E-state index in [1.165, 1.54) is 10.8 Å². The SMILES string of the molecule is O=C(CSc1nc(Cl)cn(-c2ccccc2)c1=O)NC(=S)Nc1ccccc1Br. The van der Waals surface area contributed by atoms with E-state index in [0.717, 1.165) is 21.9 Å². The molecular formula is C19H14BrClN4O2S2. The number of carbonyl (C=O) groups is 1. The van der Waals surface area contributed by atoms with Crippen molar-refractivity contribution in [1.29, 1.82) is 0 Å². The fraction of sp³-hybridized carbons (Fsp3) is 0.0526. The van der Waals surface area contributed by atoms with Crippen molar-refractivity contribution in [3.8, 4) is 5.69 Å². The minimum absolute atomic E-state index is 0.0465. The van der Waals surface area contributed by atoms with Crippen molar-refractivity contribution in [1.82, 2.24) is 14.9 Å². The second-order valence-electron chi connectivity index (χ2n) is 5.65. The van der Waals surface area contributed by atoms with Crippen LogP contribution in [0.3, 0.4) is 0 Å². The Morgan fingerprint density at radius 3 is 2.59 bits per heavy atom. The minimum atomic E-state index is -0.369. The molecule has 0 aliphatic carbocycles. The molecule has 0 saturated carbocycles. The van der Waals surface area contributed by atoms with Gasteiger partial charge in [0, 0.05) is 10.2 Å². The first-order valence-corrected chi connectivity index (χ1v) is 10.8. The van der Waals surface area contributed by atoms with E-state index in [9.17, 15) is 9.59 Å². The number of aromatic nitrogens is 2. The summed E-state index contributed by atoms with van der Waals surface area (Å²) >= 11 is 15.6. The number of amides is 1. The van der Waals surface area contributed by atoms with Crippen molar-refractivity contribution >= 4 is 68.2 Å². The third-order valence-corrected chi connectivity index (χ3v) is 5.62. The van der Waals surface area contributed by atoms with Gasteiger partial charge in [0.2, 0.25) is 5.91 Å². The van der Waals surface area contributed by atoms with Gasteiger partial charge in [-0.3, -0.25) is 14.2 Å². The third-order valence-electron chi connectivity index (χ3n) is 3.60. The van der Waals surface area contributed by atoms with Crippen molar-refractivity contribution in [3.63, 3.8) is 0 Å². The van der Waals surface area contributed by atoms with Crippen LogP contribution in [-0.4, -0.2) is 26.3 Å². The van der Waals surface area contributed by atoms with Crippen molar-refractivity contribution in [2.75, 3.05) is 11.1 Å². The van der Waals surface area contributed by atoms with Gasteiger partial charge in [0.15, 0.2) is 10.1 Å². The minimum Gasteiger partial charge on any atom is -0.331 e. The average Bonchev–Trinajstić information content (AvgIpc) is 2.70. The Balaban J connectivity index is 1.64. The summed E-state index contributed by atoms with van der Waals surface area (Å²) in [6, 6.07) is 16.4. The molecule has 3 aromatic rings. The smallest absolute Gasteiger partial charge is 0.287 e. The number of para-hydroxylation sites is 2. The van der Waals surface area contributed by atoms with Gasteiger partial charge < -0.3 is 10.6 Å². The zero-order valence-corrected chi connectivity index (χ0v) is 18.7. The van der Waals surface area contributed by atoms with Crippen molar-refractivity contribution < 1.29 is 4.79 Å². The number of hydrogen-bond acceptors (Lipinski definition) is 5. The predicted molar refractivity (Wildman–Crippen MR) is 124 cm³/mol. The topological polar surface area (TPSA) is 76.0 Å². The Morgan fingerprint density at radius 2 is 1.86 bits per heavy atom. The summed E-state index contributed by atoms with van der Waals surface area (Å²) < 4.78 is 2.21. The molecule has 0 saturated heterocycles. The zero-order valence-electron chi connectivity index (χ0n) is 14.8. The molecule has 0 spiro atoms. The second-order valence-corrected chi connectivity index (χ2v) is 8.26. The number of nitrogens with zero attached hydrogens (tertiary/aromatic N) is 2. The number of halogens is 2. The maximum absolute atomic E-state index is 12.7. The predicted octanol–water partition coefficient (Wildman–Crippen LogP) is 4.25. The summed E-state index contributed by atoms with van der Waals surface area (Å²) in [6.07, 6.45) is 1.44. The molecule has 1 amide bonds. The molecule has 1 heterocycles. The molecule has 2 N–H and O–H groups in total. The molecule has 1 aromatic heterocycles. The van der Waals surface area contributed by atoms with Crippen LogP contribution in [0.4, 0.5) is 5.69 Å². The monoisotopic (exact) mass is 508 g/mol. The van der Waals surface area contributed by atoms with Crippen LogP contribution in [0.25, 0.3) is 5.69 Å². The number of carbonyl (C=O) groups excluding carboxylic acids is 1. The first-order valence-electron chi connectivity index (χ1n) is 8.27.